The third kappa shape index (κ3) is 2.68. The quantitative estimate of drug-likeness (QED) is 0.550. The number of rotatable bonds is 2. The summed E-state index contributed by atoms with van der Waals surface area (Å²) in [6, 6.07) is 1.24. The molecule has 1 rings (SSSR count). The van der Waals surface area contributed by atoms with Crippen molar-refractivity contribution in [3.63, 3.8) is 0 Å². The van der Waals surface area contributed by atoms with Crippen molar-refractivity contribution in [2.45, 2.75) is 51.7 Å². The molecule has 1 atom stereocenters. The summed E-state index contributed by atoms with van der Waals surface area (Å²) in [6.45, 7) is 11.2. The summed E-state index contributed by atoms with van der Waals surface area (Å²) >= 11 is 0. The normalized spacial score (nSPS) is 29.3. The summed E-state index contributed by atoms with van der Waals surface area (Å²) in [4.78, 5) is 11.7. The van der Waals surface area contributed by atoms with Crippen LogP contribution >= 0.6 is 0 Å². The van der Waals surface area contributed by atoms with Gasteiger partial charge >= 0.3 is 0 Å². The van der Waals surface area contributed by atoms with Crippen molar-refractivity contribution in [2.24, 2.45) is 0 Å². The monoisotopic (exact) mass is 242 g/mol. The molecular weight excluding hydrogens is 220 g/mol. The Morgan fingerprint density at radius 3 is 2.40 bits per heavy atom. The van der Waals surface area contributed by atoms with Crippen molar-refractivity contribution in [2.75, 3.05) is 0 Å². The highest BCUT2D eigenvalue weighted by molar-refractivity contribution is 7.38. The van der Waals surface area contributed by atoms with Crippen LogP contribution in [0.3, 0.4) is 0 Å². The molecule has 86 valence electrons. The lowest BCUT2D eigenvalue weighted by molar-refractivity contribution is -0.121. The maximum Gasteiger partial charge on any atom is 0.182 e. The van der Waals surface area contributed by atoms with Gasteiger partial charge in [-0.3, -0.25) is 4.79 Å². The van der Waals surface area contributed by atoms with Crippen molar-refractivity contribution in [1.82, 2.24) is 0 Å². The van der Waals surface area contributed by atoms with Crippen LogP contribution in [0.5, 0.6) is 0 Å². The van der Waals surface area contributed by atoms with Crippen molar-refractivity contribution < 1.29 is 9.22 Å². The fourth-order valence-corrected chi connectivity index (χ4v) is 8.31. The standard InChI is InChI=1S/C11H22O2Si2/c1-6-7-10(12)11-8-9-14(2,3)15(4,5)13-11/h6-7,11H,8-9H2,1-5H3/b7-6+. The topological polar surface area (TPSA) is 26.3 Å². The highest BCUT2D eigenvalue weighted by Gasteiger charge is 2.48. The number of carbonyl (C=O) groups excluding carboxylic acids is 1. The summed E-state index contributed by atoms with van der Waals surface area (Å²) in [6.07, 6.45) is 4.23. The van der Waals surface area contributed by atoms with Crippen molar-refractivity contribution in [1.29, 1.82) is 0 Å². The fraction of sp³-hybridized carbons (Fsp3) is 0.727. The molecule has 0 N–H and O–H groups in total. The molecule has 1 fully saturated rings. The summed E-state index contributed by atoms with van der Waals surface area (Å²) in [5, 5.41) is 0. The largest absolute Gasteiger partial charge is 0.410 e. The van der Waals surface area contributed by atoms with Gasteiger partial charge in [0, 0.05) is 0 Å². The number of hydrogen-bond donors (Lipinski definition) is 0. The molecule has 2 nitrogen and oxygen atoms in total. The Hall–Kier alpha value is -0.196. The van der Waals surface area contributed by atoms with E-state index in [1.54, 1.807) is 12.2 Å². The van der Waals surface area contributed by atoms with E-state index in [2.05, 4.69) is 26.2 Å². The highest BCUT2D eigenvalue weighted by Crippen LogP contribution is 2.33. The van der Waals surface area contributed by atoms with Crippen LogP contribution in [0, 0.1) is 0 Å². The van der Waals surface area contributed by atoms with Gasteiger partial charge < -0.3 is 4.43 Å². The van der Waals surface area contributed by atoms with Gasteiger partial charge in [0.1, 0.15) is 6.10 Å². The Morgan fingerprint density at radius 1 is 1.33 bits per heavy atom. The third-order valence-corrected chi connectivity index (χ3v) is 20.3. The second-order valence-electron chi connectivity index (χ2n) is 5.44. The van der Waals surface area contributed by atoms with Crippen LogP contribution in [-0.2, 0) is 9.22 Å². The molecular formula is C11H22O2Si2. The molecule has 0 bridgehead atoms. The number of carbonyl (C=O) groups is 1. The number of ketones is 1. The zero-order valence-electron chi connectivity index (χ0n) is 10.5. The molecule has 15 heavy (non-hydrogen) atoms. The average Bonchev–Trinajstić information content (AvgIpc) is 2.10. The van der Waals surface area contributed by atoms with Gasteiger partial charge in [-0.15, -0.1) is 0 Å². The first-order valence-corrected chi connectivity index (χ1v) is 12.8. The second kappa shape index (κ2) is 4.35. The molecule has 1 aliphatic rings. The molecule has 1 aliphatic heterocycles. The average molecular weight is 242 g/mol. The van der Waals surface area contributed by atoms with Crippen LogP contribution in [0.1, 0.15) is 13.3 Å². The van der Waals surface area contributed by atoms with Crippen LogP contribution in [0.15, 0.2) is 12.2 Å². The van der Waals surface area contributed by atoms with E-state index in [9.17, 15) is 4.79 Å². The van der Waals surface area contributed by atoms with E-state index >= 15 is 0 Å². The van der Waals surface area contributed by atoms with Crippen LogP contribution in [0.4, 0.5) is 0 Å². The maximum absolute atomic E-state index is 11.7. The lowest BCUT2D eigenvalue weighted by atomic mass is 10.2. The second-order valence-corrected chi connectivity index (χ2v) is 20.6. The minimum Gasteiger partial charge on any atom is -0.410 e. The van der Waals surface area contributed by atoms with Crippen molar-refractivity contribution >= 4 is 21.2 Å². The van der Waals surface area contributed by atoms with E-state index in [1.807, 2.05) is 6.92 Å². The van der Waals surface area contributed by atoms with E-state index in [1.165, 1.54) is 6.04 Å². The summed E-state index contributed by atoms with van der Waals surface area (Å²) in [5.74, 6) is 0.155. The van der Waals surface area contributed by atoms with Crippen LogP contribution in [0.2, 0.25) is 32.2 Å². The molecule has 0 aromatic carbocycles. The minimum atomic E-state index is -1.59. The molecule has 1 saturated heterocycles. The van der Waals surface area contributed by atoms with Crippen molar-refractivity contribution in [3.8, 4) is 0 Å². The molecule has 0 radical (unpaired) electrons. The third-order valence-electron chi connectivity index (χ3n) is 3.75. The predicted molar refractivity (Wildman–Crippen MR) is 69.1 cm³/mol. The predicted octanol–water partition coefficient (Wildman–Crippen LogP) is 2.91. The van der Waals surface area contributed by atoms with Gasteiger partial charge in [0.15, 0.2) is 13.6 Å². The maximum atomic E-state index is 11.7. The summed E-state index contributed by atoms with van der Waals surface area (Å²) < 4.78 is 6.10. The Balaban J connectivity index is 2.75. The van der Waals surface area contributed by atoms with Crippen molar-refractivity contribution in [3.05, 3.63) is 12.2 Å². The van der Waals surface area contributed by atoms with E-state index in [0.717, 1.165) is 6.42 Å². The van der Waals surface area contributed by atoms with Crippen LogP contribution < -0.4 is 0 Å². The summed E-state index contributed by atoms with van der Waals surface area (Å²) in [7, 11) is -2.78. The molecule has 0 aromatic heterocycles. The first kappa shape index (κ1) is 12.9. The van der Waals surface area contributed by atoms with E-state index in [4.69, 9.17) is 4.43 Å². The fourth-order valence-electron chi connectivity index (χ4n) is 1.84. The number of hydrogen-bond acceptors (Lipinski definition) is 2. The van der Waals surface area contributed by atoms with Crippen LogP contribution in [-0.4, -0.2) is 27.3 Å². The van der Waals surface area contributed by atoms with E-state index in [-0.39, 0.29) is 11.9 Å². The van der Waals surface area contributed by atoms with E-state index in [0.29, 0.717) is 0 Å². The first-order valence-electron chi connectivity index (χ1n) is 5.64. The Labute approximate surface area is 94.6 Å². The molecule has 0 aliphatic carbocycles. The van der Waals surface area contributed by atoms with Gasteiger partial charge in [-0.25, -0.2) is 0 Å². The van der Waals surface area contributed by atoms with E-state index < -0.39 is 15.4 Å². The molecule has 0 spiro atoms. The van der Waals surface area contributed by atoms with Gasteiger partial charge in [-0.2, -0.15) is 0 Å². The Bertz CT molecular complexity index is 282. The lowest BCUT2D eigenvalue weighted by Crippen LogP contribution is -2.62. The molecule has 1 heterocycles. The minimum absolute atomic E-state index is 0.150. The summed E-state index contributed by atoms with van der Waals surface area (Å²) in [5.41, 5.74) is 0. The van der Waals surface area contributed by atoms with Gasteiger partial charge in [0.05, 0.1) is 7.59 Å². The van der Waals surface area contributed by atoms with Crippen LogP contribution in [0.25, 0.3) is 0 Å². The zero-order valence-corrected chi connectivity index (χ0v) is 12.5. The first-order chi connectivity index (χ1) is 6.80. The van der Waals surface area contributed by atoms with Gasteiger partial charge in [-0.05, 0) is 32.5 Å². The Morgan fingerprint density at radius 2 is 1.93 bits per heavy atom. The highest BCUT2D eigenvalue weighted by atomic mass is 29.3. The number of allylic oxidation sites excluding steroid dienone is 1. The molecule has 0 aromatic rings. The molecule has 4 heteroatoms. The molecule has 0 amide bonds. The van der Waals surface area contributed by atoms with Gasteiger partial charge in [0.25, 0.3) is 0 Å². The van der Waals surface area contributed by atoms with Gasteiger partial charge in [-0.1, -0.05) is 25.2 Å². The SMILES string of the molecule is C/C=C/C(=O)C1CC[Si](C)(C)[Si](C)(C)O1. The zero-order chi connectivity index (χ0) is 11.7. The smallest absolute Gasteiger partial charge is 0.182 e. The lowest BCUT2D eigenvalue weighted by Gasteiger charge is -2.44. The molecule has 0 saturated carbocycles. The molecule has 1 unspecified atom stereocenters. The Kier molecular flexibility index (Phi) is 3.73. The van der Waals surface area contributed by atoms with Gasteiger partial charge in [0.2, 0.25) is 0 Å².